The number of hydrogen-bond donors (Lipinski definition) is 0. The number of hydrogen-bond acceptors (Lipinski definition) is 6. The Morgan fingerprint density at radius 2 is 1.69 bits per heavy atom. The Balaban J connectivity index is 0.00000228. The van der Waals surface area contributed by atoms with Crippen molar-refractivity contribution in [1.82, 2.24) is 19.0 Å². The van der Waals surface area contributed by atoms with Gasteiger partial charge in [0, 0.05) is 45.3 Å². The number of benzene rings is 1. The van der Waals surface area contributed by atoms with Crippen LogP contribution in [0.5, 0.6) is 0 Å². The van der Waals surface area contributed by atoms with Gasteiger partial charge in [0.25, 0.3) is 0 Å². The Bertz CT molecular complexity index is 1040. The highest BCUT2D eigenvalue weighted by Gasteiger charge is 2.56. The molecule has 0 spiro atoms. The fourth-order valence-corrected chi connectivity index (χ4v) is 6.73. The quantitative estimate of drug-likeness (QED) is 0.476. The van der Waals surface area contributed by atoms with Gasteiger partial charge >= 0.3 is 0 Å². The molecule has 3 fully saturated rings. The highest BCUT2D eigenvalue weighted by Crippen LogP contribution is 2.40. The lowest BCUT2D eigenvalue weighted by Crippen LogP contribution is -2.43. The third kappa shape index (κ3) is 6.61. The van der Waals surface area contributed by atoms with Crippen LogP contribution < -0.4 is 0 Å². The van der Waals surface area contributed by atoms with Gasteiger partial charge in [-0.25, -0.2) is 12.7 Å². The zero-order valence-electron chi connectivity index (χ0n) is 21.2. The van der Waals surface area contributed by atoms with Crippen molar-refractivity contribution < 1.29 is 18.0 Å². The van der Waals surface area contributed by atoms with E-state index in [-0.39, 0.29) is 42.7 Å². The van der Waals surface area contributed by atoms with Crippen LogP contribution in [0.4, 0.5) is 0 Å². The van der Waals surface area contributed by atoms with Crippen LogP contribution in [0, 0.1) is 5.92 Å². The highest BCUT2D eigenvalue weighted by atomic mass is 35.5. The molecule has 0 aromatic heterocycles. The standard InChI is InChI=1S/C25H36N4O4S.2ClH/c1-4-5-21-24-22(29(25(21)31)34(3,32)33)12-13-28(24)23(30)11-10-19-6-8-20(9-7-19)18-27-16-14-26(2)15-17-27;;/h6-11,21-22,24H,4-5,12-18H2,1-3H3;2*1H/b11-10+;;/t21-,22+,24-;;/m1../s1. The minimum Gasteiger partial charge on any atom is -0.333 e. The van der Waals surface area contributed by atoms with E-state index in [4.69, 9.17) is 0 Å². The van der Waals surface area contributed by atoms with E-state index in [2.05, 4.69) is 29.0 Å². The second-order valence-electron chi connectivity index (χ2n) is 9.82. The molecule has 2 amide bonds. The summed E-state index contributed by atoms with van der Waals surface area (Å²) in [5.41, 5.74) is 2.19. The summed E-state index contributed by atoms with van der Waals surface area (Å²) >= 11 is 0. The number of fused-ring (bicyclic) bond motifs is 1. The predicted octanol–water partition coefficient (Wildman–Crippen LogP) is 2.48. The molecule has 0 N–H and O–H groups in total. The molecule has 0 unspecified atom stereocenters. The number of likely N-dealkylation sites (tertiary alicyclic amines) is 1. The first-order chi connectivity index (χ1) is 16.2. The van der Waals surface area contributed by atoms with Crippen LogP contribution in [0.3, 0.4) is 0 Å². The Kier molecular flexibility index (Phi) is 10.8. The average Bonchev–Trinajstić information content (AvgIpc) is 3.32. The molecule has 1 aromatic carbocycles. The van der Waals surface area contributed by atoms with Crippen molar-refractivity contribution in [1.29, 1.82) is 0 Å². The van der Waals surface area contributed by atoms with Crippen molar-refractivity contribution in [2.45, 2.75) is 44.8 Å². The largest absolute Gasteiger partial charge is 0.333 e. The van der Waals surface area contributed by atoms with Gasteiger partial charge in [0.15, 0.2) is 0 Å². The molecular weight excluding hydrogens is 523 g/mol. The van der Waals surface area contributed by atoms with Crippen LogP contribution in [0.2, 0.25) is 0 Å². The van der Waals surface area contributed by atoms with Crippen molar-refractivity contribution >= 4 is 52.7 Å². The molecule has 1 aromatic rings. The fourth-order valence-electron chi connectivity index (χ4n) is 5.55. The second-order valence-corrected chi connectivity index (χ2v) is 11.7. The highest BCUT2D eigenvalue weighted by molar-refractivity contribution is 7.88. The van der Waals surface area contributed by atoms with Gasteiger partial charge in [-0.15, -0.1) is 24.8 Å². The summed E-state index contributed by atoms with van der Waals surface area (Å²) in [4.78, 5) is 32.5. The van der Waals surface area contributed by atoms with E-state index in [0.29, 0.717) is 19.4 Å². The van der Waals surface area contributed by atoms with E-state index in [1.165, 1.54) is 5.56 Å². The van der Waals surface area contributed by atoms with E-state index in [0.717, 1.165) is 55.3 Å². The van der Waals surface area contributed by atoms with E-state index < -0.39 is 22.0 Å². The number of sulfonamides is 1. The van der Waals surface area contributed by atoms with Crippen LogP contribution in [-0.2, 0) is 26.2 Å². The summed E-state index contributed by atoms with van der Waals surface area (Å²) in [6.07, 6.45) is 6.26. The summed E-state index contributed by atoms with van der Waals surface area (Å²) in [5, 5.41) is 0. The Morgan fingerprint density at radius 1 is 1.06 bits per heavy atom. The minimum absolute atomic E-state index is 0. The molecule has 3 atom stereocenters. The van der Waals surface area contributed by atoms with Crippen LogP contribution in [0.1, 0.15) is 37.3 Å². The summed E-state index contributed by atoms with van der Waals surface area (Å²) in [6.45, 7) is 7.69. The third-order valence-electron chi connectivity index (χ3n) is 7.31. The lowest BCUT2D eigenvalue weighted by molar-refractivity contribution is -0.130. The van der Waals surface area contributed by atoms with Gasteiger partial charge < -0.3 is 9.80 Å². The molecule has 3 heterocycles. The number of carbonyl (C=O) groups is 2. The van der Waals surface area contributed by atoms with Crippen molar-refractivity contribution in [3.8, 4) is 0 Å². The van der Waals surface area contributed by atoms with Crippen LogP contribution in [0.15, 0.2) is 30.3 Å². The monoisotopic (exact) mass is 560 g/mol. The van der Waals surface area contributed by atoms with Gasteiger partial charge in [0.1, 0.15) is 0 Å². The van der Waals surface area contributed by atoms with E-state index >= 15 is 0 Å². The maximum atomic E-state index is 13.1. The lowest BCUT2D eigenvalue weighted by atomic mass is 9.94. The SMILES string of the molecule is CCC[C@H]1C(=O)N(S(C)(=O)=O)[C@H]2CCN(C(=O)/C=C/c3ccc(CN4CCN(C)CC4)cc3)[C@H]12.Cl.Cl. The second kappa shape index (κ2) is 12.7. The van der Waals surface area contributed by atoms with Crippen LogP contribution >= 0.6 is 24.8 Å². The molecule has 0 saturated carbocycles. The van der Waals surface area contributed by atoms with Crippen molar-refractivity contribution in [3.63, 3.8) is 0 Å². The number of nitrogens with zero attached hydrogens (tertiary/aromatic N) is 4. The topological polar surface area (TPSA) is 81.2 Å². The van der Waals surface area contributed by atoms with Crippen molar-refractivity contribution in [2.75, 3.05) is 46.0 Å². The summed E-state index contributed by atoms with van der Waals surface area (Å²) < 4.78 is 25.6. The first-order valence-electron chi connectivity index (χ1n) is 12.2. The van der Waals surface area contributed by atoms with Gasteiger partial charge in [-0.1, -0.05) is 37.6 Å². The Hall–Kier alpha value is -1.65. The summed E-state index contributed by atoms with van der Waals surface area (Å²) in [6, 6.07) is 7.41. The molecule has 0 bridgehead atoms. The van der Waals surface area contributed by atoms with Crippen LogP contribution in [0.25, 0.3) is 6.08 Å². The molecule has 0 aliphatic carbocycles. The van der Waals surface area contributed by atoms with Gasteiger partial charge in [-0.05, 0) is 37.1 Å². The molecular formula is C25H38Cl2N4O4S. The molecule has 8 nitrogen and oxygen atoms in total. The van der Waals surface area contributed by atoms with Gasteiger partial charge in [-0.2, -0.15) is 0 Å². The lowest BCUT2D eigenvalue weighted by Gasteiger charge is -2.32. The van der Waals surface area contributed by atoms with E-state index in [9.17, 15) is 18.0 Å². The Labute approximate surface area is 227 Å². The summed E-state index contributed by atoms with van der Waals surface area (Å²) in [5.74, 6) is -0.992. The normalized spacial score (nSPS) is 25.1. The number of halogens is 2. The first-order valence-corrected chi connectivity index (χ1v) is 14.1. The third-order valence-corrected chi connectivity index (χ3v) is 8.47. The molecule has 3 aliphatic rings. The van der Waals surface area contributed by atoms with E-state index in [1.807, 2.05) is 19.1 Å². The number of rotatable bonds is 7. The van der Waals surface area contributed by atoms with Gasteiger partial charge in [0.2, 0.25) is 21.8 Å². The van der Waals surface area contributed by atoms with E-state index in [1.54, 1.807) is 17.1 Å². The predicted molar refractivity (Wildman–Crippen MR) is 147 cm³/mol. The van der Waals surface area contributed by atoms with Crippen LogP contribution in [-0.4, -0.2) is 97.3 Å². The first kappa shape index (κ1) is 30.6. The number of likely N-dealkylation sites (N-methyl/N-ethyl adjacent to an activating group) is 1. The van der Waals surface area contributed by atoms with Crippen molar-refractivity contribution in [2.24, 2.45) is 5.92 Å². The zero-order chi connectivity index (χ0) is 24.5. The minimum atomic E-state index is -3.66. The maximum Gasteiger partial charge on any atom is 0.246 e. The molecule has 202 valence electrons. The zero-order valence-corrected chi connectivity index (χ0v) is 23.7. The summed E-state index contributed by atoms with van der Waals surface area (Å²) in [7, 11) is -1.51. The number of carbonyl (C=O) groups excluding carboxylic acids is 2. The van der Waals surface area contributed by atoms with Crippen molar-refractivity contribution in [3.05, 3.63) is 41.5 Å². The van der Waals surface area contributed by atoms with Gasteiger partial charge in [0.05, 0.1) is 24.3 Å². The van der Waals surface area contributed by atoms with Gasteiger partial charge in [-0.3, -0.25) is 14.5 Å². The number of piperazine rings is 1. The molecule has 3 aliphatic heterocycles. The maximum absolute atomic E-state index is 13.1. The number of amides is 2. The average molecular weight is 562 g/mol. The molecule has 4 rings (SSSR count). The smallest absolute Gasteiger partial charge is 0.246 e. The fraction of sp³-hybridized carbons (Fsp3) is 0.600. The Morgan fingerprint density at radius 3 is 2.28 bits per heavy atom. The molecule has 36 heavy (non-hydrogen) atoms. The molecule has 3 saturated heterocycles. The molecule has 11 heteroatoms. The molecule has 0 radical (unpaired) electrons.